The van der Waals surface area contributed by atoms with Gasteiger partial charge in [-0.1, -0.05) is 11.6 Å². The molecule has 0 fully saturated rings. The molecule has 3 rings (SSSR count). The topological polar surface area (TPSA) is 103 Å². The highest BCUT2D eigenvalue weighted by molar-refractivity contribution is 7.89. The lowest BCUT2D eigenvalue weighted by Crippen LogP contribution is -2.22. The second-order valence-corrected chi connectivity index (χ2v) is 8.15. The molecule has 0 bridgehead atoms. The molecule has 27 heavy (non-hydrogen) atoms. The van der Waals surface area contributed by atoms with Gasteiger partial charge in [0.15, 0.2) is 0 Å². The van der Waals surface area contributed by atoms with Gasteiger partial charge >= 0.3 is 5.97 Å². The number of carbonyl (C=O) groups is 1. The molecule has 0 N–H and O–H groups in total. The van der Waals surface area contributed by atoms with E-state index in [4.69, 9.17) is 20.8 Å². The molecule has 140 valence electrons. The second kappa shape index (κ2) is 7.47. The normalized spacial score (nSPS) is 11.6. The Morgan fingerprint density at radius 2 is 1.85 bits per heavy atom. The van der Waals surface area contributed by atoms with Crippen molar-refractivity contribution in [3.05, 3.63) is 59.4 Å². The van der Waals surface area contributed by atoms with Gasteiger partial charge in [-0.05, 0) is 42.5 Å². The van der Waals surface area contributed by atoms with Crippen LogP contribution in [0.15, 0.2) is 58.2 Å². The van der Waals surface area contributed by atoms with E-state index in [0.717, 1.165) is 4.31 Å². The molecule has 0 aliphatic rings. The van der Waals surface area contributed by atoms with E-state index in [9.17, 15) is 13.2 Å². The summed E-state index contributed by atoms with van der Waals surface area (Å²) in [6.45, 7) is 0. The number of nitrogens with zero attached hydrogens (tertiary/aromatic N) is 3. The van der Waals surface area contributed by atoms with Crippen LogP contribution in [-0.4, -0.2) is 43.0 Å². The lowest BCUT2D eigenvalue weighted by atomic mass is 10.2. The molecule has 1 heterocycles. The molecular formula is C17H14ClN3O5S. The third kappa shape index (κ3) is 4.00. The molecule has 0 amide bonds. The Kier molecular flexibility index (Phi) is 5.26. The molecule has 0 saturated heterocycles. The highest BCUT2D eigenvalue weighted by Crippen LogP contribution is 2.25. The number of rotatable bonds is 5. The summed E-state index contributed by atoms with van der Waals surface area (Å²) in [4.78, 5) is 12.4. The first-order valence-corrected chi connectivity index (χ1v) is 9.41. The number of benzene rings is 2. The minimum atomic E-state index is -3.71. The maximum absolute atomic E-state index is 12.4. The molecule has 0 aliphatic heterocycles. The van der Waals surface area contributed by atoms with Crippen molar-refractivity contribution in [2.75, 3.05) is 14.1 Å². The van der Waals surface area contributed by atoms with E-state index in [0.29, 0.717) is 11.5 Å². The van der Waals surface area contributed by atoms with Crippen LogP contribution in [0.4, 0.5) is 0 Å². The molecule has 10 heteroatoms. The van der Waals surface area contributed by atoms with Crippen LogP contribution in [0.2, 0.25) is 5.02 Å². The lowest BCUT2D eigenvalue weighted by molar-refractivity contribution is 0.0734. The summed E-state index contributed by atoms with van der Waals surface area (Å²) in [5.41, 5.74) is 0.602. The molecular weight excluding hydrogens is 394 g/mol. The number of hydrogen-bond acceptors (Lipinski definition) is 7. The van der Waals surface area contributed by atoms with E-state index in [2.05, 4.69) is 10.2 Å². The maximum Gasteiger partial charge on any atom is 0.345 e. The molecule has 2 aromatic carbocycles. The fourth-order valence-electron chi connectivity index (χ4n) is 2.16. The molecule has 0 saturated carbocycles. The van der Waals surface area contributed by atoms with Gasteiger partial charge in [-0.15, -0.1) is 10.2 Å². The van der Waals surface area contributed by atoms with Gasteiger partial charge in [0.25, 0.3) is 0 Å². The minimum Gasteiger partial charge on any atom is -0.423 e. The number of esters is 1. The van der Waals surface area contributed by atoms with E-state index in [-0.39, 0.29) is 21.2 Å². The maximum atomic E-state index is 12.4. The summed E-state index contributed by atoms with van der Waals surface area (Å²) in [5, 5.41) is 7.45. The van der Waals surface area contributed by atoms with Crippen molar-refractivity contribution in [3.63, 3.8) is 0 Å². The first kappa shape index (κ1) is 19.0. The van der Waals surface area contributed by atoms with E-state index < -0.39 is 16.0 Å². The Labute approximate surface area is 160 Å². The van der Waals surface area contributed by atoms with Crippen molar-refractivity contribution in [1.29, 1.82) is 0 Å². The Hall–Kier alpha value is -2.75. The van der Waals surface area contributed by atoms with Gasteiger partial charge in [0.1, 0.15) is 5.75 Å². The molecule has 0 aliphatic carbocycles. The average Bonchev–Trinajstić information content (AvgIpc) is 3.17. The predicted molar refractivity (Wildman–Crippen MR) is 97.0 cm³/mol. The number of ether oxygens (including phenoxy) is 1. The van der Waals surface area contributed by atoms with Crippen LogP contribution in [-0.2, 0) is 10.0 Å². The zero-order valence-corrected chi connectivity index (χ0v) is 15.9. The van der Waals surface area contributed by atoms with Gasteiger partial charge in [0.2, 0.25) is 22.3 Å². The number of carbonyl (C=O) groups excluding carboxylic acids is 1. The van der Waals surface area contributed by atoms with Gasteiger partial charge in [0, 0.05) is 19.7 Å². The first-order valence-electron chi connectivity index (χ1n) is 7.60. The summed E-state index contributed by atoms with van der Waals surface area (Å²) < 4.78 is 35.9. The van der Waals surface area contributed by atoms with Crippen LogP contribution in [0.1, 0.15) is 10.4 Å². The zero-order chi connectivity index (χ0) is 19.6. The van der Waals surface area contributed by atoms with Crippen molar-refractivity contribution in [2.45, 2.75) is 4.90 Å². The standard InChI is InChI=1S/C17H14ClN3O5S/c1-21(2)27(23,24)13-7-8-15(18)14(9-13)17(22)26-12-5-3-11(4-6-12)16-20-19-10-25-16/h3-10H,1-2H3. The monoisotopic (exact) mass is 407 g/mol. The number of halogens is 1. The van der Waals surface area contributed by atoms with Gasteiger partial charge in [-0.25, -0.2) is 17.5 Å². The van der Waals surface area contributed by atoms with Gasteiger partial charge in [-0.2, -0.15) is 0 Å². The molecule has 3 aromatic rings. The number of sulfonamides is 1. The Bertz CT molecular complexity index is 1060. The van der Waals surface area contributed by atoms with Gasteiger partial charge in [0.05, 0.1) is 15.5 Å². The van der Waals surface area contributed by atoms with Crippen LogP contribution >= 0.6 is 11.6 Å². The van der Waals surface area contributed by atoms with Crippen molar-refractivity contribution >= 4 is 27.6 Å². The summed E-state index contributed by atoms with van der Waals surface area (Å²) in [6.07, 6.45) is 1.21. The van der Waals surface area contributed by atoms with Crippen LogP contribution < -0.4 is 4.74 Å². The number of aromatic nitrogens is 2. The lowest BCUT2D eigenvalue weighted by Gasteiger charge is -2.13. The van der Waals surface area contributed by atoms with Gasteiger partial charge in [-0.3, -0.25) is 0 Å². The number of hydrogen-bond donors (Lipinski definition) is 0. The summed E-state index contributed by atoms with van der Waals surface area (Å²) in [7, 11) is -0.918. The molecule has 0 spiro atoms. The van der Waals surface area contributed by atoms with Crippen LogP contribution in [0.25, 0.3) is 11.5 Å². The Morgan fingerprint density at radius 1 is 1.15 bits per heavy atom. The molecule has 0 unspecified atom stereocenters. The van der Waals surface area contributed by atoms with Crippen molar-refractivity contribution < 1.29 is 22.4 Å². The van der Waals surface area contributed by atoms with E-state index in [1.54, 1.807) is 24.3 Å². The fraction of sp³-hybridized carbons (Fsp3) is 0.118. The summed E-state index contributed by atoms with van der Waals surface area (Å²) in [5.74, 6) is -0.195. The zero-order valence-electron chi connectivity index (χ0n) is 14.3. The molecule has 0 radical (unpaired) electrons. The van der Waals surface area contributed by atoms with Crippen molar-refractivity contribution in [3.8, 4) is 17.2 Å². The van der Waals surface area contributed by atoms with Gasteiger partial charge < -0.3 is 9.15 Å². The third-order valence-electron chi connectivity index (χ3n) is 3.61. The van der Waals surface area contributed by atoms with E-state index >= 15 is 0 Å². The highest BCUT2D eigenvalue weighted by Gasteiger charge is 2.21. The summed E-state index contributed by atoms with van der Waals surface area (Å²) in [6, 6.07) is 10.2. The SMILES string of the molecule is CN(C)S(=O)(=O)c1ccc(Cl)c(C(=O)Oc2ccc(-c3nnco3)cc2)c1. The Morgan fingerprint density at radius 3 is 2.44 bits per heavy atom. The minimum absolute atomic E-state index is 0.0550. The van der Waals surface area contributed by atoms with E-state index in [1.165, 1.54) is 38.7 Å². The molecule has 1 aromatic heterocycles. The Balaban J connectivity index is 1.84. The third-order valence-corrected chi connectivity index (χ3v) is 5.75. The highest BCUT2D eigenvalue weighted by atomic mass is 35.5. The van der Waals surface area contributed by atoms with E-state index in [1.807, 2.05) is 0 Å². The van der Waals surface area contributed by atoms with Crippen molar-refractivity contribution in [1.82, 2.24) is 14.5 Å². The first-order chi connectivity index (χ1) is 12.8. The van der Waals surface area contributed by atoms with Crippen molar-refractivity contribution in [2.24, 2.45) is 0 Å². The van der Waals surface area contributed by atoms with Crippen LogP contribution in [0, 0.1) is 0 Å². The smallest absolute Gasteiger partial charge is 0.345 e. The van der Waals surface area contributed by atoms with Crippen LogP contribution in [0.5, 0.6) is 5.75 Å². The molecule has 0 atom stereocenters. The fourth-order valence-corrected chi connectivity index (χ4v) is 3.28. The largest absolute Gasteiger partial charge is 0.423 e. The predicted octanol–water partition coefficient (Wildman–Crippen LogP) is 2.86. The van der Waals surface area contributed by atoms with Crippen LogP contribution in [0.3, 0.4) is 0 Å². The second-order valence-electron chi connectivity index (χ2n) is 5.59. The molecule has 8 nitrogen and oxygen atoms in total. The quantitative estimate of drug-likeness (QED) is 0.473. The summed E-state index contributed by atoms with van der Waals surface area (Å²) >= 11 is 6.04. The average molecular weight is 408 g/mol.